The number of amides is 1. The van der Waals surface area contributed by atoms with Crippen LogP contribution in [0.1, 0.15) is 6.92 Å². The number of rotatable bonds is 9. The van der Waals surface area contributed by atoms with Crippen molar-refractivity contribution in [3.8, 4) is 5.75 Å². The number of carbonyl (C=O) groups is 1. The number of hydrogen-bond acceptors (Lipinski definition) is 9. The van der Waals surface area contributed by atoms with Crippen molar-refractivity contribution in [1.29, 1.82) is 0 Å². The number of nitrogens with zero attached hydrogens (tertiary/aromatic N) is 4. The number of carbonyl (C=O) groups excluding carboxylic acids is 1. The van der Waals surface area contributed by atoms with Crippen molar-refractivity contribution in [2.24, 2.45) is 0 Å². The van der Waals surface area contributed by atoms with E-state index < -0.39 is 4.92 Å². The fourth-order valence-electron chi connectivity index (χ4n) is 2.45. The highest BCUT2D eigenvalue weighted by atomic mass is 32.2. The van der Waals surface area contributed by atoms with Gasteiger partial charge in [-0.05, 0) is 31.2 Å². The number of hydrogen-bond donors (Lipinski definition) is 1. The van der Waals surface area contributed by atoms with E-state index in [-0.39, 0.29) is 17.3 Å². The van der Waals surface area contributed by atoms with E-state index in [2.05, 4.69) is 15.5 Å². The van der Waals surface area contributed by atoms with Crippen LogP contribution < -0.4 is 15.0 Å². The van der Waals surface area contributed by atoms with E-state index in [1.165, 1.54) is 40.1 Å². The normalized spacial score (nSPS) is 10.5. The predicted molar refractivity (Wildman–Crippen MR) is 118 cm³/mol. The molecule has 0 bridgehead atoms. The molecule has 0 atom stereocenters. The van der Waals surface area contributed by atoms with Crippen LogP contribution in [0.15, 0.2) is 52.9 Å². The van der Waals surface area contributed by atoms with Crippen LogP contribution in [0.4, 0.5) is 22.2 Å². The Morgan fingerprint density at radius 3 is 2.67 bits per heavy atom. The van der Waals surface area contributed by atoms with Gasteiger partial charge in [0.15, 0.2) is 4.34 Å². The molecular formula is C19H19N5O4S2. The molecule has 0 saturated heterocycles. The Bertz CT molecular complexity index is 1030. The third-order valence-electron chi connectivity index (χ3n) is 3.98. The zero-order valence-corrected chi connectivity index (χ0v) is 17.9. The average molecular weight is 446 g/mol. The molecule has 9 nitrogen and oxygen atoms in total. The third-order valence-corrected chi connectivity index (χ3v) is 5.93. The maximum atomic E-state index is 12.4. The SMILES string of the molecule is CCOc1ccccc1Nc1nnc(SCC(=O)N(C)c2ccc([N+](=O)[O-])cc2)s1. The second-order valence-corrected chi connectivity index (χ2v) is 8.14. The van der Waals surface area contributed by atoms with Gasteiger partial charge in [-0.1, -0.05) is 35.2 Å². The van der Waals surface area contributed by atoms with Crippen molar-refractivity contribution >= 4 is 51.2 Å². The lowest BCUT2D eigenvalue weighted by Gasteiger charge is -2.16. The lowest BCUT2D eigenvalue weighted by atomic mass is 10.2. The minimum atomic E-state index is -0.477. The predicted octanol–water partition coefficient (Wildman–Crippen LogP) is 4.34. The van der Waals surface area contributed by atoms with E-state index in [1.54, 1.807) is 19.2 Å². The number of benzene rings is 2. The number of nitro benzene ring substituents is 1. The van der Waals surface area contributed by atoms with E-state index in [0.717, 1.165) is 11.4 Å². The largest absolute Gasteiger partial charge is 0.492 e. The lowest BCUT2D eigenvalue weighted by molar-refractivity contribution is -0.384. The van der Waals surface area contributed by atoms with Gasteiger partial charge in [-0.15, -0.1) is 10.2 Å². The molecule has 0 aliphatic carbocycles. The maximum absolute atomic E-state index is 12.4. The fourth-order valence-corrected chi connectivity index (χ4v) is 4.13. The standard InChI is InChI=1S/C19H19N5O4S2/c1-3-28-16-7-5-4-6-15(16)20-18-21-22-19(30-18)29-12-17(25)23(2)13-8-10-14(11-9-13)24(26)27/h4-11H,3,12H2,1-2H3,(H,20,21). The Morgan fingerprint density at radius 2 is 1.97 bits per heavy atom. The van der Waals surface area contributed by atoms with Gasteiger partial charge in [0.2, 0.25) is 11.0 Å². The summed E-state index contributed by atoms with van der Waals surface area (Å²) in [6.07, 6.45) is 0. The van der Waals surface area contributed by atoms with Gasteiger partial charge in [0.25, 0.3) is 5.69 Å². The highest BCUT2D eigenvalue weighted by molar-refractivity contribution is 8.01. The molecule has 0 aliphatic rings. The Hall–Kier alpha value is -3.18. The molecule has 0 spiro atoms. The molecule has 0 aliphatic heterocycles. The molecule has 30 heavy (non-hydrogen) atoms. The summed E-state index contributed by atoms with van der Waals surface area (Å²) in [5.74, 6) is 0.738. The first kappa shape index (κ1) is 21.5. The molecule has 2 aromatic carbocycles. The molecule has 0 saturated carbocycles. The molecular weight excluding hydrogens is 426 g/mol. The van der Waals surface area contributed by atoms with Crippen molar-refractivity contribution in [3.63, 3.8) is 0 Å². The second kappa shape index (κ2) is 10.0. The molecule has 3 aromatic rings. The highest BCUT2D eigenvalue weighted by Crippen LogP contribution is 2.32. The first-order chi connectivity index (χ1) is 14.5. The zero-order valence-electron chi connectivity index (χ0n) is 16.3. The number of ether oxygens (including phenoxy) is 1. The van der Waals surface area contributed by atoms with Crippen molar-refractivity contribution in [2.75, 3.05) is 29.6 Å². The van der Waals surface area contributed by atoms with Gasteiger partial charge in [0.1, 0.15) is 5.75 Å². The molecule has 1 aromatic heterocycles. The molecule has 3 rings (SSSR count). The smallest absolute Gasteiger partial charge is 0.269 e. The van der Waals surface area contributed by atoms with E-state index >= 15 is 0 Å². The van der Waals surface area contributed by atoms with Gasteiger partial charge in [-0.3, -0.25) is 14.9 Å². The first-order valence-electron chi connectivity index (χ1n) is 8.94. The monoisotopic (exact) mass is 445 g/mol. The summed E-state index contributed by atoms with van der Waals surface area (Å²) >= 11 is 2.62. The minimum Gasteiger partial charge on any atom is -0.492 e. The summed E-state index contributed by atoms with van der Waals surface area (Å²) < 4.78 is 6.23. The average Bonchev–Trinajstić information content (AvgIpc) is 3.20. The molecule has 1 heterocycles. The van der Waals surface area contributed by atoms with Gasteiger partial charge in [0.05, 0.1) is 23.0 Å². The molecule has 0 unspecified atom stereocenters. The van der Waals surface area contributed by atoms with E-state index in [0.29, 0.717) is 21.8 Å². The number of para-hydroxylation sites is 2. The molecule has 11 heteroatoms. The van der Waals surface area contributed by atoms with Crippen molar-refractivity contribution in [3.05, 3.63) is 58.6 Å². The molecule has 0 radical (unpaired) electrons. The van der Waals surface area contributed by atoms with Crippen LogP contribution in [0.2, 0.25) is 0 Å². The van der Waals surface area contributed by atoms with Crippen LogP contribution in [0.25, 0.3) is 0 Å². The summed E-state index contributed by atoms with van der Waals surface area (Å²) in [5.41, 5.74) is 1.35. The second-order valence-electron chi connectivity index (χ2n) is 5.94. The minimum absolute atomic E-state index is 0.0197. The van der Waals surface area contributed by atoms with Gasteiger partial charge < -0.3 is 15.0 Å². The number of anilines is 3. The van der Waals surface area contributed by atoms with Crippen LogP contribution in [0, 0.1) is 10.1 Å². The molecule has 1 amide bonds. The van der Waals surface area contributed by atoms with Crippen LogP contribution in [0.5, 0.6) is 5.75 Å². The summed E-state index contributed by atoms with van der Waals surface area (Å²) in [7, 11) is 1.63. The quantitative estimate of drug-likeness (QED) is 0.294. The van der Waals surface area contributed by atoms with Gasteiger partial charge in [0, 0.05) is 24.9 Å². The van der Waals surface area contributed by atoms with Crippen molar-refractivity contribution in [1.82, 2.24) is 10.2 Å². The first-order valence-corrected chi connectivity index (χ1v) is 10.7. The Labute approximate surface area is 181 Å². The Balaban J connectivity index is 1.57. The highest BCUT2D eigenvalue weighted by Gasteiger charge is 2.15. The Kier molecular flexibility index (Phi) is 7.20. The summed E-state index contributed by atoms with van der Waals surface area (Å²) in [4.78, 5) is 24.2. The Morgan fingerprint density at radius 1 is 1.23 bits per heavy atom. The van der Waals surface area contributed by atoms with Crippen LogP contribution >= 0.6 is 23.1 Å². The number of thioether (sulfide) groups is 1. The number of nitro groups is 1. The van der Waals surface area contributed by atoms with Crippen LogP contribution in [-0.4, -0.2) is 40.4 Å². The van der Waals surface area contributed by atoms with Crippen molar-refractivity contribution in [2.45, 2.75) is 11.3 Å². The van der Waals surface area contributed by atoms with Gasteiger partial charge in [-0.2, -0.15) is 0 Å². The number of non-ortho nitro benzene ring substituents is 1. The molecule has 0 fully saturated rings. The van der Waals surface area contributed by atoms with Crippen LogP contribution in [0.3, 0.4) is 0 Å². The summed E-state index contributed by atoms with van der Waals surface area (Å²) in [6, 6.07) is 13.4. The third kappa shape index (κ3) is 5.45. The van der Waals surface area contributed by atoms with E-state index in [9.17, 15) is 14.9 Å². The fraction of sp³-hybridized carbons (Fsp3) is 0.211. The number of nitrogens with one attached hydrogen (secondary N) is 1. The summed E-state index contributed by atoms with van der Waals surface area (Å²) in [6.45, 7) is 2.47. The maximum Gasteiger partial charge on any atom is 0.269 e. The lowest BCUT2D eigenvalue weighted by Crippen LogP contribution is -2.27. The number of aromatic nitrogens is 2. The van der Waals surface area contributed by atoms with E-state index in [4.69, 9.17) is 4.74 Å². The van der Waals surface area contributed by atoms with Crippen molar-refractivity contribution < 1.29 is 14.5 Å². The zero-order chi connectivity index (χ0) is 21.5. The van der Waals surface area contributed by atoms with E-state index in [1.807, 2.05) is 31.2 Å². The van der Waals surface area contributed by atoms with Gasteiger partial charge in [-0.25, -0.2) is 0 Å². The van der Waals surface area contributed by atoms with Crippen LogP contribution in [-0.2, 0) is 4.79 Å². The molecule has 156 valence electrons. The topological polar surface area (TPSA) is 110 Å². The molecule has 1 N–H and O–H groups in total. The summed E-state index contributed by atoms with van der Waals surface area (Å²) in [5, 5.41) is 22.7. The van der Waals surface area contributed by atoms with Gasteiger partial charge >= 0.3 is 0 Å².